The van der Waals surface area contributed by atoms with Gasteiger partial charge in [0.1, 0.15) is 5.75 Å². The van der Waals surface area contributed by atoms with Gasteiger partial charge in [0.2, 0.25) is 5.95 Å². The summed E-state index contributed by atoms with van der Waals surface area (Å²) in [6.07, 6.45) is 1.42. The van der Waals surface area contributed by atoms with Gasteiger partial charge >= 0.3 is 12.6 Å². The first-order valence-corrected chi connectivity index (χ1v) is 9.32. The molecule has 2 atom stereocenters. The molecule has 1 aromatic heterocycles. The number of halogens is 3. The molecule has 1 aliphatic rings. The van der Waals surface area contributed by atoms with Crippen LogP contribution in [0.5, 0.6) is 5.75 Å². The van der Waals surface area contributed by atoms with E-state index in [0.717, 1.165) is 5.69 Å². The lowest BCUT2D eigenvalue weighted by molar-refractivity contribution is -0.0499. The van der Waals surface area contributed by atoms with Crippen molar-refractivity contribution in [1.29, 1.82) is 0 Å². The van der Waals surface area contributed by atoms with E-state index in [0.29, 0.717) is 25.2 Å². The number of piperazine rings is 1. The predicted octanol–water partition coefficient (Wildman–Crippen LogP) is 3.80. The van der Waals surface area contributed by atoms with Gasteiger partial charge in [0.25, 0.3) is 0 Å². The summed E-state index contributed by atoms with van der Waals surface area (Å²) in [5, 5.41) is 2.89. The molecule has 1 N–H and O–H groups in total. The van der Waals surface area contributed by atoms with E-state index in [1.807, 2.05) is 11.8 Å². The number of anilines is 1. The zero-order valence-corrected chi connectivity index (χ0v) is 16.2. The average molecular weight is 408 g/mol. The fourth-order valence-electron chi connectivity index (χ4n) is 3.42. The minimum atomic E-state index is -2.90. The summed E-state index contributed by atoms with van der Waals surface area (Å²) in [4.78, 5) is 20.0. The maximum atomic E-state index is 13.4. The molecule has 0 aliphatic carbocycles. The van der Waals surface area contributed by atoms with E-state index in [1.54, 1.807) is 30.0 Å². The molecule has 156 valence electrons. The van der Waals surface area contributed by atoms with Crippen molar-refractivity contribution in [2.75, 3.05) is 24.5 Å². The van der Waals surface area contributed by atoms with Crippen LogP contribution in [0.25, 0.3) is 0 Å². The lowest BCUT2D eigenvalue weighted by Gasteiger charge is -2.41. The summed E-state index contributed by atoms with van der Waals surface area (Å²) in [6, 6.07) is 8.74. The molecule has 1 fully saturated rings. The smallest absolute Gasteiger partial charge is 0.387 e. The summed E-state index contributed by atoms with van der Waals surface area (Å²) in [7, 11) is 0. The number of hydrogen-bond acceptors (Lipinski definition) is 4. The highest BCUT2D eigenvalue weighted by atomic mass is 19.3. The van der Waals surface area contributed by atoms with Crippen molar-refractivity contribution >= 4 is 11.7 Å². The molecule has 2 amide bonds. The van der Waals surface area contributed by atoms with Gasteiger partial charge in [-0.1, -0.05) is 12.1 Å². The van der Waals surface area contributed by atoms with Crippen molar-refractivity contribution in [3.05, 3.63) is 54.1 Å². The number of nitrogens with zero attached hydrogens (tertiary/aromatic N) is 3. The van der Waals surface area contributed by atoms with Crippen LogP contribution in [0, 0.1) is 5.95 Å². The van der Waals surface area contributed by atoms with Gasteiger partial charge in [-0.05, 0) is 37.6 Å². The zero-order chi connectivity index (χ0) is 21.0. The molecule has 1 aliphatic heterocycles. The Balaban J connectivity index is 1.59. The second-order valence-corrected chi connectivity index (χ2v) is 6.95. The Labute approximate surface area is 167 Å². The third kappa shape index (κ3) is 5.30. The molecular formula is C20H23F3N4O2. The van der Waals surface area contributed by atoms with Crippen LogP contribution < -0.4 is 15.0 Å². The van der Waals surface area contributed by atoms with E-state index in [4.69, 9.17) is 0 Å². The topological polar surface area (TPSA) is 57.7 Å². The Morgan fingerprint density at radius 2 is 2.07 bits per heavy atom. The van der Waals surface area contributed by atoms with Crippen LogP contribution in [0.1, 0.15) is 25.5 Å². The van der Waals surface area contributed by atoms with Gasteiger partial charge in [-0.3, -0.25) is 0 Å². The standard InChI is InChI=1S/C20H23F3N4O2/c1-13-12-26(8-9-27(13)16-6-7-24-18(21)11-16)20(28)25-14(2)15-4-3-5-17(10-15)29-19(22)23/h3-7,10-11,13-14,19H,8-9,12H2,1-2H3,(H,25,28)/t13-,14+/m0/s1. The predicted molar refractivity (Wildman–Crippen MR) is 103 cm³/mol. The van der Waals surface area contributed by atoms with Gasteiger partial charge in [-0.15, -0.1) is 0 Å². The Bertz CT molecular complexity index is 852. The number of aromatic nitrogens is 1. The molecule has 29 heavy (non-hydrogen) atoms. The molecule has 0 unspecified atom stereocenters. The largest absolute Gasteiger partial charge is 0.435 e. The molecule has 0 spiro atoms. The summed E-state index contributed by atoms with van der Waals surface area (Å²) in [5.41, 5.74) is 1.39. The summed E-state index contributed by atoms with van der Waals surface area (Å²) in [5.74, 6) is -0.493. The van der Waals surface area contributed by atoms with Gasteiger partial charge in [-0.25, -0.2) is 9.78 Å². The number of carbonyl (C=O) groups excluding carboxylic acids is 1. The normalized spacial score (nSPS) is 17.9. The number of urea groups is 1. The first kappa shape index (κ1) is 20.8. The third-order valence-corrected chi connectivity index (χ3v) is 4.88. The summed E-state index contributed by atoms with van der Waals surface area (Å²) in [6.45, 7) is 2.34. The van der Waals surface area contributed by atoms with Crippen LogP contribution in [-0.4, -0.2) is 48.2 Å². The van der Waals surface area contributed by atoms with Crippen molar-refractivity contribution in [3.63, 3.8) is 0 Å². The van der Waals surface area contributed by atoms with Crippen LogP contribution in [0.15, 0.2) is 42.6 Å². The van der Waals surface area contributed by atoms with Gasteiger partial charge in [0.15, 0.2) is 0 Å². The molecule has 6 nitrogen and oxygen atoms in total. The van der Waals surface area contributed by atoms with Gasteiger partial charge in [0.05, 0.1) is 6.04 Å². The fourth-order valence-corrected chi connectivity index (χ4v) is 3.42. The van der Waals surface area contributed by atoms with Crippen LogP contribution in [0.4, 0.5) is 23.7 Å². The lowest BCUT2D eigenvalue weighted by atomic mass is 10.1. The van der Waals surface area contributed by atoms with Crippen molar-refractivity contribution in [2.45, 2.75) is 32.5 Å². The third-order valence-electron chi connectivity index (χ3n) is 4.88. The van der Waals surface area contributed by atoms with E-state index in [2.05, 4.69) is 15.0 Å². The van der Waals surface area contributed by atoms with E-state index < -0.39 is 12.6 Å². The summed E-state index contributed by atoms with van der Waals surface area (Å²) < 4.78 is 42.6. The number of pyridine rings is 1. The number of rotatable bonds is 5. The Morgan fingerprint density at radius 3 is 2.76 bits per heavy atom. The van der Waals surface area contributed by atoms with E-state index in [1.165, 1.54) is 24.4 Å². The number of alkyl halides is 2. The monoisotopic (exact) mass is 408 g/mol. The lowest BCUT2D eigenvalue weighted by Crippen LogP contribution is -2.56. The number of ether oxygens (including phenoxy) is 1. The maximum absolute atomic E-state index is 13.4. The molecule has 1 saturated heterocycles. The molecule has 0 bridgehead atoms. The molecule has 2 heterocycles. The van der Waals surface area contributed by atoms with Gasteiger partial charge < -0.3 is 19.9 Å². The number of carbonyl (C=O) groups is 1. The second-order valence-electron chi connectivity index (χ2n) is 6.95. The van der Waals surface area contributed by atoms with Crippen LogP contribution in [-0.2, 0) is 0 Å². The Morgan fingerprint density at radius 1 is 1.28 bits per heavy atom. The minimum absolute atomic E-state index is 0.00521. The Kier molecular flexibility index (Phi) is 6.46. The van der Waals surface area contributed by atoms with E-state index in [9.17, 15) is 18.0 Å². The quantitative estimate of drug-likeness (QED) is 0.765. The molecule has 3 rings (SSSR count). The number of nitrogens with one attached hydrogen (secondary N) is 1. The van der Waals surface area contributed by atoms with Crippen LogP contribution >= 0.6 is 0 Å². The van der Waals surface area contributed by atoms with Crippen molar-refractivity contribution in [1.82, 2.24) is 15.2 Å². The van der Waals surface area contributed by atoms with Gasteiger partial charge in [0, 0.05) is 43.6 Å². The molecular weight excluding hydrogens is 385 g/mol. The highest BCUT2D eigenvalue weighted by molar-refractivity contribution is 5.75. The van der Waals surface area contributed by atoms with Crippen molar-refractivity contribution < 1.29 is 22.7 Å². The molecule has 1 aromatic carbocycles. The van der Waals surface area contributed by atoms with E-state index >= 15 is 0 Å². The Hall–Kier alpha value is -2.97. The first-order valence-electron chi connectivity index (χ1n) is 9.32. The minimum Gasteiger partial charge on any atom is -0.435 e. The van der Waals surface area contributed by atoms with Crippen molar-refractivity contribution in [3.8, 4) is 5.75 Å². The van der Waals surface area contributed by atoms with Gasteiger partial charge in [-0.2, -0.15) is 13.2 Å². The zero-order valence-electron chi connectivity index (χ0n) is 16.2. The molecule has 2 aromatic rings. The van der Waals surface area contributed by atoms with E-state index in [-0.39, 0.29) is 23.9 Å². The average Bonchev–Trinajstić information content (AvgIpc) is 2.67. The highest BCUT2D eigenvalue weighted by Crippen LogP contribution is 2.23. The number of amides is 2. The number of hydrogen-bond donors (Lipinski definition) is 1. The first-order chi connectivity index (χ1) is 13.8. The van der Waals surface area contributed by atoms with Crippen LogP contribution in [0.3, 0.4) is 0 Å². The number of benzene rings is 1. The fraction of sp³-hybridized carbons (Fsp3) is 0.400. The molecule has 9 heteroatoms. The maximum Gasteiger partial charge on any atom is 0.387 e. The second kappa shape index (κ2) is 9.02. The summed E-state index contributed by atoms with van der Waals surface area (Å²) >= 11 is 0. The SMILES string of the molecule is C[C@@H](NC(=O)N1CCN(c2ccnc(F)c2)[C@@H](C)C1)c1cccc(OC(F)F)c1. The van der Waals surface area contributed by atoms with Crippen molar-refractivity contribution in [2.24, 2.45) is 0 Å². The van der Waals surface area contributed by atoms with Crippen LogP contribution in [0.2, 0.25) is 0 Å². The molecule has 0 saturated carbocycles. The highest BCUT2D eigenvalue weighted by Gasteiger charge is 2.28. The molecule has 0 radical (unpaired) electrons.